The number of carbonyl (C=O) groups is 1. The summed E-state index contributed by atoms with van der Waals surface area (Å²) in [5.41, 5.74) is 2.52. The summed E-state index contributed by atoms with van der Waals surface area (Å²) in [6.07, 6.45) is 2.47. The molecule has 0 aliphatic heterocycles. The number of nitrogens with two attached hydrogens (primary N) is 1. The molecule has 0 bridgehead atoms. The Hall–Kier alpha value is -1.20. The highest BCUT2D eigenvalue weighted by Gasteiger charge is 1.95. The molecule has 96 valence electrons. The first-order valence-electron chi connectivity index (χ1n) is 5.21. The van der Waals surface area contributed by atoms with Crippen molar-refractivity contribution in [2.45, 2.75) is 26.7 Å². The van der Waals surface area contributed by atoms with E-state index in [1.165, 1.54) is 11.1 Å². The Morgan fingerprint density at radius 3 is 2.29 bits per heavy atom. The van der Waals surface area contributed by atoms with Crippen molar-refractivity contribution < 1.29 is 13.2 Å². The van der Waals surface area contributed by atoms with E-state index in [4.69, 9.17) is 0 Å². The fraction of sp³-hybridized carbons (Fsp3) is 0.417. The van der Waals surface area contributed by atoms with Crippen molar-refractivity contribution in [3.8, 4) is 0 Å². The van der Waals surface area contributed by atoms with Gasteiger partial charge in [-0.2, -0.15) is 0 Å². The third-order valence-electron chi connectivity index (χ3n) is 1.85. The maximum absolute atomic E-state index is 10.7. The van der Waals surface area contributed by atoms with Gasteiger partial charge in [-0.25, -0.2) is 13.6 Å². The van der Waals surface area contributed by atoms with Gasteiger partial charge in [-0.1, -0.05) is 29.8 Å². The molecule has 0 unspecified atom stereocenters. The summed E-state index contributed by atoms with van der Waals surface area (Å²) >= 11 is 0. The van der Waals surface area contributed by atoms with Gasteiger partial charge in [0.25, 0.3) is 0 Å². The normalized spacial score (nSPS) is 10.4. The fourth-order valence-electron chi connectivity index (χ4n) is 1.19. The average Bonchev–Trinajstić information content (AvgIpc) is 2.12. The van der Waals surface area contributed by atoms with Gasteiger partial charge in [0.15, 0.2) is 0 Å². The van der Waals surface area contributed by atoms with Gasteiger partial charge in [-0.15, -0.1) is 0 Å². The Kier molecular flexibility index (Phi) is 6.68. The summed E-state index contributed by atoms with van der Waals surface area (Å²) < 4.78 is 18.8. The van der Waals surface area contributed by atoms with Crippen LogP contribution < -0.4 is 5.14 Å². The van der Waals surface area contributed by atoms with Gasteiger partial charge in [0.2, 0.25) is 10.0 Å². The lowest BCUT2D eigenvalue weighted by atomic mass is 10.1. The minimum absolute atomic E-state index is 0.261. The van der Waals surface area contributed by atoms with Gasteiger partial charge in [0, 0.05) is 6.42 Å². The Balaban J connectivity index is 0.000000437. The molecule has 0 fully saturated rings. The maximum atomic E-state index is 10.7. The molecule has 2 N–H and O–H groups in total. The van der Waals surface area contributed by atoms with Crippen molar-refractivity contribution in [3.05, 3.63) is 35.4 Å². The minimum Gasteiger partial charge on any atom is -0.300 e. The summed E-state index contributed by atoms with van der Waals surface area (Å²) in [7, 11) is -3.17. The number of hydrogen-bond donors (Lipinski definition) is 1. The highest BCUT2D eigenvalue weighted by atomic mass is 32.2. The van der Waals surface area contributed by atoms with E-state index in [1.54, 1.807) is 6.92 Å². The van der Waals surface area contributed by atoms with E-state index in [-0.39, 0.29) is 5.78 Å². The van der Waals surface area contributed by atoms with Crippen LogP contribution >= 0.6 is 0 Å². The zero-order valence-corrected chi connectivity index (χ0v) is 11.3. The Labute approximate surface area is 103 Å². The zero-order valence-electron chi connectivity index (χ0n) is 10.4. The maximum Gasteiger partial charge on any atom is 0.206 e. The molecule has 0 aliphatic rings. The SMILES string of the molecule is CC(=O)CCc1cccc(C)c1.CS(N)(=O)=O. The zero-order chi connectivity index (χ0) is 13.5. The van der Waals surface area contributed by atoms with Crippen LogP contribution in [0.2, 0.25) is 0 Å². The molecule has 0 spiro atoms. The fourth-order valence-corrected chi connectivity index (χ4v) is 1.19. The van der Waals surface area contributed by atoms with Crippen molar-refractivity contribution in [3.63, 3.8) is 0 Å². The lowest BCUT2D eigenvalue weighted by molar-refractivity contribution is -0.116. The Bertz CT molecular complexity index is 458. The standard InChI is InChI=1S/C11H14O.CH5NO2S/c1-9-4-3-5-11(8-9)7-6-10(2)12;1-5(2,3)4/h3-5,8H,6-7H2,1-2H3;1H3,(H2,2,3,4). The minimum atomic E-state index is -3.17. The van der Waals surface area contributed by atoms with Gasteiger partial charge in [0.05, 0.1) is 6.26 Å². The van der Waals surface area contributed by atoms with E-state index >= 15 is 0 Å². The summed E-state index contributed by atoms with van der Waals surface area (Å²) in [6, 6.07) is 8.29. The number of hydrogen-bond acceptors (Lipinski definition) is 3. The molecule has 0 aliphatic carbocycles. The second-order valence-corrected chi connectivity index (χ2v) is 5.68. The molecule has 1 aromatic carbocycles. The lowest BCUT2D eigenvalue weighted by Gasteiger charge is -1.99. The molecule has 0 heterocycles. The number of primary sulfonamides is 1. The summed E-state index contributed by atoms with van der Waals surface area (Å²) in [5.74, 6) is 0.261. The van der Waals surface area contributed by atoms with Crippen LogP contribution in [0, 0.1) is 6.92 Å². The van der Waals surface area contributed by atoms with Crippen LogP contribution in [0.3, 0.4) is 0 Å². The average molecular weight is 257 g/mol. The highest BCUT2D eigenvalue weighted by molar-refractivity contribution is 7.88. The van der Waals surface area contributed by atoms with Crippen LogP contribution in [-0.4, -0.2) is 20.5 Å². The van der Waals surface area contributed by atoms with Crippen molar-refractivity contribution in [2.24, 2.45) is 5.14 Å². The topological polar surface area (TPSA) is 77.2 Å². The van der Waals surface area contributed by atoms with Gasteiger partial charge in [0.1, 0.15) is 5.78 Å². The Morgan fingerprint density at radius 1 is 1.35 bits per heavy atom. The smallest absolute Gasteiger partial charge is 0.206 e. The van der Waals surface area contributed by atoms with Crippen LogP contribution in [-0.2, 0) is 21.2 Å². The number of Topliss-reactive ketones (excluding diaryl/α,β-unsaturated/α-hetero) is 1. The first-order chi connectivity index (χ1) is 7.68. The van der Waals surface area contributed by atoms with Crippen LogP contribution in [0.4, 0.5) is 0 Å². The molecule has 17 heavy (non-hydrogen) atoms. The molecule has 0 radical (unpaired) electrons. The highest BCUT2D eigenvalue weighted by Crippen LogP contribution is 2.06. The molecule has 0 atom stereocenters. The molecule has 0 amide bonds. The summed E-state index contributed by atoms with van der Waals surface area (Å²) in [6.45, 7) is 3.70. The third kappa shape index (κ3) is 12.7. The Morgan fingerprint density at radius 2 is 1.88 bits per heavy atom. The molecule has 4 nitrogen and oxygen atoms in total. The second-order valence-electron chi connectivity index (χ2n) is 4.02. The van der Waals surface area contributed by atoms with Crippen molar-refractivity contribution in [1.82, 2.24) is 0 Å². The van der Waals surface area contributed by atoms with E-state index in [1.807, 2.05) is 6.07 Å². The van der Waals surface area contributed by atoms with E-state index in [2.05, 4.69) is 30.3 Å². The molecular weight excluding hydrogens is 238 g/mol. The number of aryl methyl sites for hydroxylation is 2. The van der Waals surface area contributed by atoms with Crippen LogP contribution in [0.5, 0.6) is 0 Å². The predicted molar refractivity (Wildman–Crippen MR) is 69.2 cm³/mol. The number of benzene rings is 1. The molecule has 1 aromatic rings. The van der Waals surface area contributed by atoms with Crippen LogP contribution in [0.25, 0.3) is 0 Å². The quantitative estimate of drug-likeness (QED) is 0.889. The molecule has 1 rings (SSSR count). The summed E-state index contributed by atoms with van der Waals surface area (Å²) in [4.78, 5) is 10.7. The second kappa shape index (κ2) is 7.19. The van der Waals surface area contributed by atoms with Gasteiger partial charge in [-0.3, -0.25) is 0 Å². The van der Waals surface area contributed by atoms with Crippen molar-refractivity contribution in [2.75, 3.05) is 6.26 Å². The number of sulfonamides is 1. The van der Waals surface area contributed by atoms with E-state index in [0.717, 1.165) is 12.7 Å². The predicted octanol–water partition coefficient (Wildman–Crippen LogP) is 1.42. The van der Waals surface area contributed by atoms with Gasteiger partial charge in [-0.05, 0) is 25.8 Å². The van der Waals surface area contributed by atoms with Crippen LogP contribution in [0.15, 0.2) is 24.3 Å². The molecule has 5 heteroatoms. The first kappa shape index (κ1) is 15.8. The van der Waals surface area contributed by atoms with E-state index in [9.17, 15) is 13.2 Å². The monoisotopic (exact) mass is 257 g/mol. The van der Waals surface area contributed by atoms with Crippen LogP contribution in [0.1, 0.15) is 24.5 Å². The number of ketones is 1. The number of carbonyl (C=O) groups excluding carboxylic acids is 1. The molecule has 0 saturated heterocycles. The van der Waals surface area contributed by atoms with Gasteiger partial charge < -0.3 is 4.79 Å². The molecule has 0 saturated carbocycles. The molecule has 0 aromatic heterocycles. The van der Waals surface area contributed by atoms with Gasteiger partial charge >= 0.3 is 0 Å². The first-order valence-corrected chi connectivity index (χ1v) is 7.16. The molecular formula is C12H19NO3S. The third-order valence-corrected chi connectivity index (χ3v) is 1.85. The van der Waals surface area contributed by atoms with Crippen molar-refractivity contribution >= 4 is 15.8 Å². The van der Waals surface area contributed by atoms with E-state index < -0.39 is 10.0 Å². The van der Waals surface area contributed by atoms with Crippen molar-refractivity contribution in [1.29, 1.82) is 0 Å². The summed E-state index contributed by atoms with van der Waals surface area (Å²) in [5, 5.41) is 4.33. The lowest BCUT2D eigenvalue weighted by Crippen LogP contribution is -2.07. The number of rotatable bonds is 3. The van der Waals surface area contributed by atoms with E-state index in [0.29, 0.717) is 6.42 Å². The largest absolute Gasteiger partial charge is 0.300 e.